The molecule has 2 N–H and O–H groups in total. The molecule has 29 heavy (non-hydrogen) atoms. The van der Waals surface area contributed by atoms with Crippen LogP contribution >= 0.6 is 0 Å². The van der Waals surface area contributed by atoms with Crippen LogP contribution in [-0.2, 0) is 16.1 Å². The lowest BCUT2D eigenvalue weighted by atomic mass is 10.0. The van der Waals surface area contributed by atoms with Crippen molar-refractivity contribution in [3.8, 4) is 0 Å². The van der Waals surface area contributed by atoms with Crippen molar-refractivity contribution in [1.29, 1.82) is 0 Å². The highest BCUT2D eigenvalue weighted by Crippen LogP contribution is 2.16. The van der Waals surface area contributed by atoms with Gasteiger partial charge in [-0.15, -0.1) is 0 Å². The summed E-state index contributed by atoms with van der Waals surface area (Å²) >= 11 is 0. The fraction of sp³-hybridized carbons (Fsp3) is 0.720. The van der Waals surface area contributed by atoms with Crippen LogP contribution in [0.4, 0.5) is 0 Å². The third-order valence-electron chi connectivity index (χ3n) is 5.42. The van der Waals surface area contributed by atoms with E-state index < -0.39 is 5.97 Å². The molecule has 0 radical (unpaired) electrons. The lowest BCUT2D eigenvalue weighted by Gasteiger charge is -2.16. The lowest BCUT2D eigenvalue weighted by Crippen LogP contribution is -2.17. The largest absolute Gasteiger partial charge is 0.481 e. The number of hydrogen-bond donors (Lipinski definition) is 2. The first-order chi connectivity index (χ1) is 14.2. The van der Waals surface area contributed by atoms with E-state index in [1.54, 1.807) is 0 Å². The van der Waals surface area contributed by atoms with Crippen LogP contribution in [-0.4, -0.2) is 28.9 Å². The van der Waals surface area contributed by atoms with Gasteiger partial charge in [0, 0.05) is 6.61 Å². The molecule has 0 fully saturated rings. The zero-order chi connectivity index (χ0) is 21.0. The maximum absolute atomic E-state index is 11.1. The van der Waals surface area contributed by atoms with Gasteiger partial charge in [0.25, 0.3) is 0 Å². The molecule has 1 aromatic carbocycles. The minimum absolute atomic E-state index is 0.0901. The molecule has 4 nitrogen and oxygen atoms in total. The number of rotatable bonds is 20. The van der Waals surface area contributed by atoms with E-state index in [-0.39, 0.29) is 12.5 Å². The molecule has 0 spiro atoms. The standard InChI is InChI=1S/C25H42O4/c26-20-16-11-9-7-5-3-1-2-4-6-8-10-15-19-24(21-25(27)28)29-22-23-17-13-12-14-18-23/h12-14,17-18,24,26H,1-11,15-16,19-22H2,(H,27,28). The molecule has 0 aliphatic heterocycles. The number of hydrogen-bond acceptors (Lipinski definition) is 3. The van der Waals surface area contributed by atoms with E-state index >= 15 is 0 Å². The SMILES string of the molecule is O=C(O)CC(CCCCCCCCCCCCCCCO)OCc1ccccc1. The zero-order valence-corrected chi connectivity index (χ0v) is 18.2. The van der Waals surface area contributed by atoms with Crippen LogP contribution in [0.3, 0.4) is 0 Å². The van der Waals surface area contributed by atoms with Crippen molar-refractivity contribution < 1.29 is 19.7 Å². The van der Waals surface area contributed by atoms with Crippen molar-refractivity contribution >= 4 is 5.97 Å². The van der Waals surface area contributed by atoms with E-state index in [2.05, 4.69) is 0 Å². The van der Waals surface area contributed by atoms with Crippen LogP contribution in [0.25, 0.3) is 0 Å². The van der Waals surface area contributed by atoms with Gasteiger partial charge in [0.15, 0.2) is 0 Å². The van der Waals surface area contributed by atoms with Gasteiger partial charge in [-0.2, -0.15) is 0 Å². The Balaban J connectivity index is 1.97. The van der Waals surface area contributed by atoms with Crippen molar-refractivity contribution in [3.63, 3.8) is 0 Å². The highest BCUT2D eigenvalue weighted by atomic mass is 16.5. The third kappa shape index (κ3) is 16.1. The molecule has 0 aliphatic rings. The topological polar surface area (TPSA) is 66.8 Å². The van der Waals surface area contributed by atoms with E-state index in [4.69, 9.17) is 14.9 Å². The summed E-state index contributed by atoms with van der Waals surface area (Å²) in [5, 5.41) is 17.8. The third-order valence-corrected chi connectivity index (χ3v) is 5.42. The zero-order valence-electron chi connectivity index (χ0n) is 18.2. The van der Waals surface area contributed by atoms with Gasteiger partial charge in [-0.25, -0.2) is 0 Å². The molecular weight excluding hydrogens is 364 g/mol. The smallest absolute Gasteiger partial charge is 0.305 e. The Morgan fingerprint density at radius 3 is 1.72 bits per heavy atom. The predicted octanol–water partition coefficient (Wildman–Crippen LogP) is 6.50. The van der Waals surface area contributed by atoms with Gasteiger partial charge in [0.2, 0.25) is 0 Å². The average Bonchev–Trinajstić information content (AvgIpc) is 2.72. The molecular formula is C25H42O4. The molecule has 0 saturated carbocycles. The molecule has 166 valence electrons. The average molecular weight is 407 g/mol. The summed E-state index contributed by atoms with van der Waals surface area (Å²) in [5.41, 5.74) is 1.09. The normalized spacial score (nSPS) is 12.2. The summed E-state index contributed by atoms with van der Waals surface area (Å²) in [5.74, 6) is -0.781. The minimum atomic E-state index is -0.781. The summed E-state index contributed by atoms with van der Waals surface area (Å²) < 4.78 is 5.86. The van der Waals surface area contributed by atoms with Gasteiger partial charge < -0.3 is 14.9 Å². The highest BCUT2D eigenvalue weighted by Gasteiger charge is 2.13. The number of aliphatic hydroxyl groups is 1. The Bertz CT molecular complexity index is 489. The fourth-order valence-corrected chi connectivity index (χ4v) is 3.66. The number of aliphatic hydroxyl groups excluding tert-OH is 1. The molecule has 0 aromatic heterocycles. The summed E-state index contributed by atoms with van der Waals surface area (Å²) in [6, 6.07) is 9.94. The highest BCUT2D eigenvalue weighted by molar-refractivity contribution is 5.67. The Morgan fingerprint density at radius 2 is 1.24 bits per heavy atom. The summed E-state index contributed by atoms with van der Waals surface area (Å²) in [6.45, 7) is 0.821. The van der Waals surface area contributed by atoms with Crippen molar-refractivity contribution in [2.45, 2.75) is 109 Å². The van der Waals surface area contributed by atoms with Crippen molar-refractivity contribution in [3.05, 3.63) is 35.9 Å². The Labute approximate surface area is 177 Å². The predicted molar refractivity (Wildman–Crippen MR) is 119 cm³/mol. The molecule has 1 unspecified atom stereocenters. The first kappa shape index (κ1) is 25.6. The number of aliphatic carboxylic acids is 1. The van der Waals surface area contributed by atoms with Crippen molar-refractivity contribution in [2.24, 2.45) is 0 Å². The first-order valence-electron chi connectivity index (χ1n) is 11.7. The van der Waals surface area contributed by atoms with Crippen LogP contribution in [0.5, 0.6) is 0 Å². The van der Waals surface area contributed by atoms with Gasteiger partial charge in [0.1, 0.15) is 0 Å². The summed E-state index contributed by atoms with van der Waals surface area (Å²) in [6.07, 6.45) is 16.8. The molecule has 0 heterocycles. The lowest BCUT2D eigenvalue weighted by molar-refractivity contribution is -0.140. The van der Waals surface area contributed by atoms with Gasteiger partial charge in [-0.05, 0) is 18.4 Å². The summed E-state index contributed by atoms with van der Waals surface area (Å²) in [7, 11) is 0. The van der Waals surface area contributed by atoms with Crippen LogP contribution < -0.4 is 0 Å². The maximum atomic E-state index is 11.1. The van der Waals surface area contributed by atoms with Crippen LogP contribution in [0.2, 0.25) is 0 Å². The Morgan fingerprint density at radius 1 is 0.759 bits per heavy atom. The van der Waals surface area contributed by atoms with Gasteiger partial charge in [-0.1, -0.05) is 107 Å². The number of carboxylic acids is 1. The summed E-state index contributed by atoms with van der Waals surface area (Å²) in [4.78, 5) is 11.1. The number of carbonyl (C=O) groups is 1. The number of carboxylic acid groups (broad SMARTS) is 1. The van der Waals surface area contributed by atoms with Crippen LogP contribution in [0.1, 0.15) is 102 Å². The van der Waals surface area contributed by atoms with E-state index in [0.29, 0.717) is 13.2 Å². The van der Waals surface area contributed by atoms with E-state index in [9.17, 15) is 4.79 Å². The first-order valence-corrected chi connectivity index (χ1v) is 11.7. The quantitative estimate of drug-likeness (QED) is 0.243. The second kappa shape index (κ2) is 18.6. The van der Waals surface area contributed by atoms with Gasteiger partial charge >= 0.3 is 5.97 Å². The Kier molecular flexibility index (Phi) is 16.5. The van der Waals surface area contributed by atoms with Gasteiger partial charge in [0.05, 0.1) is 19.1 Å². The van der Waals surface area contributed by atoms with E-state index in [1.165, 1.54) is 64.2 Å². The minimum Gasteiger partial charge on any atom is -0.481 e. The maximum Gasteiger partial charge on any atom is 0.305 e. The molecule has 0 aliphatic carbocycles. The number of ether oxygens (including phenoxy) is 1. The van der Waals surface area contributed by atoms with Crippen LogP contribution in [0, 0.1) is 0 Å². The van der Waals surface area contributed by atoms with E-state index in [1.807, 2.05) is 30.3 Å². The second-order valence-corrected chi connectivity index (χ2v) is 8.12. The van der Waals surface area contributed by atoms with Crippen LogP contribution in [0.15, 0.2) is 30.3 Å². The molecule has 1 aromatic rings. The van der Waals surface area contributed by atoms with Gasteiger partial charge in [-0.3, -0.25) is 4.79 Å². The molecule has 0 amide bonds. The van der Waals surface area contributed by atoms with E-state index in [0.717, 1.165) is 31.2 Å². The number of unbranched alkanes of at least 4 members (excludes halogenated alkanes) is 12. The molecule has 4 heteroatoms. The molecule has 0 saturated heterocycles. The van der Waals surface area contributed by atoms with Crippen molar-refractivity contribution in [1.82, 2.24) is 0 Å². The molecule has 1 rings (SSSR count). The monoisotopic (exact) mass is 406 g/mol. The Hall–Kier alpha value is -1.39. The fourth-order valence-electron chi connectivity index (χ4n) is 3.66. The second-order valence-electron chi connectivity index (χ2n) is 8.12. The number of benzene rings is 1. The molecule has 1 atom stereocenters. The van der Waals surface area contributed by atoms with Crippen molar-refractivity contribution in [2.75, 3.05) is 6.61 Å². The molecule has 0 bridgehead atoms.